The topological polar surface area (TPSA) is 76.4 Å². The molecule has 1 aliphatic carbocycles. The minimum absolute atomic E-state index is 0.0342. The van der Waals surface area contributed by atoms with Gasteiger partial charge >= 0.3 is 5.97 Å². The number of fused-ring (bicyclic) bond motifs is 1. The van der Waals surface area contributed by atoms with Gasteiger partial charge in [0.15, 0.2) is 0 Å². The molecule has 176 valence electrons. The molecule has 1 heterocycles. The largest absolute Gasteiger partial charge is 0.481 e. The van der Waals surface area contributed by atoms with Crippen molar-refractivity contribution < 1.29 is 19.0 Å². The highest BCUT2D eigenvalue weighted by Gasteiger charge is 2.34. The van der Waals surface area contributed by atoms with Crippen LogP contribution in [-0.4, -0.2) is 27.0 Å². The number of nitrogens with one attached hydrogen (secondary N) is 1. The summed E-state index contributed by atoms with van der Waals surface area (Å²) >= 11 is 0. The third-order valence-corrected chi connectivity index (χ3v) is 6.25. The number of nitrogens with zero attached hydrogens (tertiary/aromatic N) is 2. The summed E-state index contributed by atoms with van der Waals surface area (Å²) in [7, 11) is 0. The Labute approximate surface area is 193 Å². The molecule has 6 nitrogen and oxygen atoms in total. The average Bonchev–Trinajstić information content (AvgIpc) is 3.04. The summed E-state index contributed by atoms with van der Waals surface area (Å²) in [4.78, 5) is 16.1. The van der Waals surface area contributed by atoms with Gasteiger partial charge in [-0.1, -0.05) is 26.8 Å². The van der Waals surface area contributed by atoms with E-state index in [4.69, 9.17) is 9.72 Å². The standard InChI is InChI=1S/C26H32FN3O3/c1-16-11-20(15-26(3,4)14-16)30-23-10-5-18(13-24(31)32)12-22(23)29-25(30)28-19-6-8-21(9-7-19)33-17(2)27/h5-10,12,16-17,20H,11,13-15H2,1-4H3,(H,28,29)(H,31,32)/t16-,17?,20?/m1/s1. The number of hydrogen-bond acceptors (Lipinski definition) is 4. The van der Waals surface area contributed by atoms with Gasteiger partial charge in [0.2, 0.25) is 12.3 Å². The maximum Gasteiger partial charge on any atom is 0.307 e. The number of carboxylic acids is 1. The molecule has 3 aromatic rings. The Bertz CT molecular complexity index is 1140. The molecule has 0 spiro atoms. The van der Waals surface area contributed by atoms with Crippen LogP contribution in [0.1, 0.15) is 58.6 Å². The third-order valence-electron chi connectivity index (χ3n) is 6.25. The van der Waals surface area contributed by atoms with Gasteiger partial charge in [0.25, 0.3) is 0 Å². The number of alkyl halides is 1. The number of carboxylic acid groups (broad SMARTS) is 1. The van der Waals surface area contributed by atoms with Crippen LogP contribution in [0.3, 0.4) is 0 Å². The molecule has 0 saturated heterocycles. The van der Waals surface area contributed by atoms with Crippen LogP contribution in [0, 0.1) is 11.3 Å². The Morgan fingerprint density at radius 1 is 1.27 bits per heavy atom. The van der Waals surface area contributed by atoms with E-state index in [0.29, 0.717) is 11.7 Å². The molecule has 1 aliphatic rings. The highest BCUT2D eigenvalue weighted by molar-refractivity contribution is 5.82. The molecule has 33 heavy (non-hydrogen) atoms. The number of ether oxygens (including phenoxy) is 1. The third kappa shape index (κ3) is 5.46. The van der Waals surface area contributed by atoms with E-state index in [2.05, 4.69) is 30.7 Å². The molecule has 2 unspecified atom stereocenters. The van der Waals surface area contributed by atoms with Crippen LogP contribution >= 0.6 is 0 Å². The molecule has 1 fully saturated rings. The van der Waals surface area contributed by atoms with Gasteiger partial charge in [-0.3, -0.25) is 4.79 Å². The molecule has 0 radical (unpaired) electrons. The van der Waals surface area contributed by atoms with E-state index in [0.717, 1.165) is 41.1 Å². The smallest absolute Gasteiger partial charge is 0.307 e. The van der Waals surface area contributed by atoms with Crippen LogP contribution in [0.2, 0.25) is 0 Å². The summed E-state index contributed by atoms with van der Waals surface area (Å²) in [5.41, 5.74) is 3.54. The number of imidazole rings is 1. The molecule has 2 aromatic carbocycles. The summed E-state index contributed by atoms with van der Waals surface area (Å²) in [6.07, 6.45) is 1.88. The van der Waals surface area contributed by atoms with Crippen LogP contribution < -0.4 is 10.1 Å². The molecule has 0 aliphatic heterocycles. The van der Waals surface area contributed by atoms with Gasteiger partial charge in [-0.25, -0.2) is 9.37 Å². The molecule has 0 amide bonds. The first-order valence-electron chi connectivity index (χ1n) is 11.5. The highest BCUT2D eigenvalue weighted by atomic mass is 19.1. The van der Waals surface area contributed by atoms with E-state index in [1.165, 1.54) is 13.3 Å². The van der Waals surface area contributed by atoms with E-state index in [1.54, 1.807) is 12.1 Å². The lowest BCUT2D eigenvalue weighted by Crippen LogP contribution is -2.29. The lowest BCUT2D eigenvalue weighted by molar-refractivity contribution is -0.136. The van der Waals surface area contributed by atoms with Crippen molar-refractivity contribution in [1.82, 2.24) is 9.55 Å². The number of hydrogen-bond donors (Lipinski definition) is 2. The first kappa shape index (κ1) is 23.1. The normalized spacial score (nSPS) is 21.0. The number of aromatic nitrogens is 2. The van der Waals surface area contributed by atoms with Crippen LogP contribution in [-0.2, 0) is 11.2 Å². The van der Waals surface area contributed by atoms with Crippen molar-refractivity contribution in [2.45, 2.75) is 65.8 Å². The number of aliphatic carboxylic acids is 1. The Morgan fingerprint density at radius 2 is 2.00 bits per heavy atom. The average molecular weight is 454 g/mol. The van der Waals surface area contributed by atoms with Crippen molar-refractivity contribution in [3.05, 3.63) is 48.0 Å². The van der Waals surface area contributed by atoms with Crippen LogP contribution in [0.4, 0.5) is 16.0 Å². The Balaban J connectivity index is 1.73. The molecule has 0 bridgehead atoms. The summed E-state index contributed by atoms with van der Waals surface area (Å²) in [6.45, 7) is 8.28. The summed E-state index contributed by atoms with van der Waals surface area (Å²) < 4.78 is 20.5. The van der Waals surface area contributed by atoms with Gasteiger partial charge in [0.1, 0.15) is 5.75 Å². The van der Waals surface area contributed by atoms with Gasteiger partial charge in [-0.05, 0) is 72.6 Å². The van der Waals surface area contributed by atoms with Crippen LogP contribution in [0.25, 0.3) is 11.0 Å². The quantitative estimate of drug-likeness (QED) is 0.428. The van der Waals surface area contributed by atoms with Crippen molar-refractivity contribution >= 4 is 28.6 Å². The second-order valence-electron chi connectivity index (χ2n) is 10.1. The molecule has 1 saturated carbocycles. The first-order valence-corrected chi connectivity index (χ1v) is 11.5. The maximum atomic E-state index is 13.1. The predicted molar refractivity (Wildman–Crippen MR) is 128 cm³/mol. The summed E-state index contributed by atoms with van der Waals surface area (Å²) in [6, 6.07) is 13.1. The molecular formula is C26H32FN3O3. The SMILES string of the molecule is CC(F)Oc1ccc(Nc2nc3cc(CC(=O)O)ccc3n2C2C[C@@H](C)CC(C)(C)C2)cc1. The molecular weight excluding hydrogens is 421 g/mol. The van der Waals surface area contributed by atoms with Gasteiger partial charge < -0.3 is 19.7 Å². The highest BCUT2D eigenvalue weighted by Crippen LogP contribution is 2.46. The zero-order chi connectivity index (χ0) is 23.8. The predicted octanol–water partition coefficient (Wildman–Crippen LogP) is 6.49. The molecule has 7 heteroatoms. The summed E-state index contributed by atoms with van der Waals surface area (Å²) in [5.74, 6) is 0.916. The molecule has 1 aromatic heterocycles. The molecule has 4 rings (SSSR count). The minimum Gasteiger partial charge on any atom is -0.481 e. The van der Waals surface area contributed by atoms with Crippen molar-refractivity contribution in [2.75, 3.05) is 5.32 Å². The zero-order valence-corrected chi connectivity index (χ0v) is 19.6. The number of rotatable bonds is 7. The van der Waals surface area contributed by atoms with Gasteiger partial charge in [0, 0.05) is 18.7 Å². The van der Waals surface area contributed by atoms with Gasteiger partial charge in [-0.15, -0.1) is 0 Å². The molecule has 2 N–H and O–H groups in total. The van der Waals surface area contributed by atoms with E-state index in [1.807, 2.05) is 30.3 Å². The monoisotopic (exact) mass is 453 g/mol. The van der Waals surface area contributed by atoms with Gasteiger partial charge in [-0.2, -0.15) is 0 Å². The maximum absolute atomic E-state index is 13.1. The second kappa shape index (κ2) is 9.04. The van der Waals surface area contributed by atoms with Crippen molar-refractivity contribution in [2.24, 2.45) is 11.3 Å². The van der Waals surface area contributed by atoms with E-state index in [9.17, 15) is 14.3 Å². The first-order chi connectivity index (χ1) is 15.6. The van der Waals surface area contributed by atoms with Crippen molar-refractivity contribution in [3.63, 3.8) is 0 Å². The molecule has 3 atom stereocenters. The number of carbonyl (C=O) groups is 1. The van der Waals surface area contributed by atoms with E-state index in [-0.39, 0.29) is 17.9 Å². The van der Waals surface area contributed by atoms with Gasteiger partial charge in [0.05, 0.1) is 17.5 Å². The fourth-order valence-electron chi connectivity index (χ4n) is 5.31. The second-order valence-corrected chi connectivity index (χ2v) is 10.1. The lowest BCUT2D eigenvalue weighted by atomic mass is 9.70. The lowest BCUT2D eigenvalue weighted by Gasteiger charge is -2.40. The van der Waals surface area contributed by atoms with E-state index >= 15 is 0 Å². The minimum atomic E-state index is -1.37. The zero-order valence-electron chi connectivity index (χ0n) is 19.6. The number of anilines is 2. The fraction of sp³-hybridized carbons (Fsp3) is 0.462. The van der Waals surface area contributed by atoms with Crippen molar-refractivity contribution in [3.8, 4) is 5.75 Å². The fourth-order valence-corrected chi connectivity index (χ4v) is 5.31. The van der Waals surface area contributed by atoms with Crippen LogP contribution in [0.5, 0.6) is 5.75 Å². The van der Waals surface area contributed by atoms with E-state index < -0.39 is 12.3 Å². The summed E-state index contributed by atoms with van der Waals surface area (Å²) in [5, 5.41) is 12.6. The Hall–Kier alpha value is -3.09. The number of halogens is 1. The number of benzene rings is 2. The Kier molecular flexibility index (Phi) is 6.32. The Morgan fingerprint density at radius 3 is 2.64 bits per heavy atom. The van der Waals surface area contributed by atoms with Crippen LogP contribution in [0.15, 0.2) is 42.5 Å². The van der Waals surface area contributed by atoms with Crippen molar-refractivity contribution in [1.29, 1.82) is 0 Å².